The minimum atomic E-state index is -0.557. The van der Waals surface area contributed by atoms with Gasteiger partial charge in [0.1, 0.15) is 11.5 Å². The summed E-state index contributed by atoms with van der Waals surface area (Å²) in [6, 6.07) is 2.44. The van der Waals surface area contributed by atoms with Crippen LogP contribution >= 0.6 is 0 Å². The summed E-state index contributed by atoms with van der Waals surface area (Å²) in [5, 5.41) is 17.9. The molecule has 0 aromatic carbocycles. The van der Waals surface area contributed by atoms with Crippen molar-refractivity contribution in [1.29, 1.82) is 0 Å². The van der Waals surface area contributed by atoms with Crippen molar-refractivity contribution in [1.82, 2.24) is 0 Å². The van der Waals surface area contributed by atoms with Crippen molar-refractivity contribution in [2.75, 3.05) is 6.61 Å². The first-order valence-corrected chi connectivity index (χ1v) is 8.99. The highest BCUT2D eigenvalue weighted by atomic mass is 16.4. The van der Waals surface area contributed by atoms with E-state index in [1.165, 1.54) is 25.3 Å². The van der Waals surface area contributed by atoms with Crippen LogP contribution in [0.1, 0.15) is 44.3 Å². The van der Waals surface area contributed by atoms with Crippen molar-refractivity contribution < 1.29 is 14.6 Å². The number of hydrogen-bond donors (Lipinski definition) is 2. The molecule has 0 aliphatic carbocycles. The van der Waals surface area contributed by atoms with Gasteiger partial charge in [-0.1, -0.05) is 67.5 Å². The first-order valence-electron chi connectivity index (χ1n) is 8.99. The van der Waals surface area contributed by atoms with Crippen LogP contribution in [0.2, 0.25) is 0 Å². The van der Waals surface area contributed by atoms with Crippen molar-refractivity contribution in [3.05, 3.63) is 83.0 Å². The number of allylic oxidation sites excluding steroid dienone is 8. The van der Waals surface area contributed by atoms with Gasteiger partial charge in [0.25, 0.3) is 0 Å². The molecule has 1 aromatic heterocycles. The van der Waals surface area contributed by atoms with Gasteiger partial charge in [0.15, 0.2) is 0 Å². The molecule has 2 N–H and O–H groups in total. The Bertz CT molecular complexity index is 690. The zero-order chi connectivity index (χ0) is 18.9. The van der Waals surface area contributed by atoms with Gasteiger partial charge in [0.2, 0.25) is 0 Å². The van der Waals surface area contributed by atoms with Gasteiger partial charge in [-0.15, -0.1) is 0 Å². The van der Waals surface area contributed by atoms with Crippen molar-refractivity contribution >= 4 is 6.08 Å². The Balaban J connectivity index is 2.05. The van der Waals surface area contributed by atoms with Gasteiger partial charge in [-0.05, 0) is 31.8 Å². The highest BCUT2D eigenvalue weighted by Crippen LogP contribution is 2.09. The Kier molecular flexibility index (Phi) is 12.2. The zero-order valence-corrected chi connectivity index (χ0v) is 15.1. The van der Waals surface area contributed by atoms with Gasteiger partial charge in [0, 0.05) is 6.07 Å². The zero-order valence-electron chi connectivity index (χ0n) is 15.1. The third-order valence-electron chi connectivity index (χ3n) is 3.48. The Morgan fingerprint density at radius 2 is 1.42 bits per heavy atom. The molecule has 0 radical (unpaired) electrons. The second-order valence-electron chi connectivity index (χ2n) is 5.74. The Hall–Kier alpha value is -2.59. The number of aliphatic hydroxyl groups excluding tert-OH is 1. The van der Waals surface area contributed by atoms with E-state index in [0.29, 0.717) is 5.76 Å². The lowest BCUT2D eigenvalue weighted by Gasteiger charge is -1.96. The summed E-state index contributed by atoms with van der Waals surface area (Å²) in [6.07, 6.45) is 25.9. The van der Waals surface area contributed by atoms with E-state index in [1.807, 2.05) is 30.4 Å². The van der Waals surface area contributed by atoms with Gasteiger partial charge in [-0.3, -0.25) is 0 Å². The molecule has 0 bridgehead atoms. The fourth-order valence-electron chi connectivity index (χ4n) is 2.21. The van der Waals surface area contributed by atoms with Crippen molar-refractivity contribution in [3.63, 3.8) is 0 Å². The summed E-state index contributed by atoms with van der Waals surface area (Å²) >= 11 is 0. The first kappa shape index (κ1) is 21.5. The van der Waals surface area contributed by atoms with Crippen LogP contribution in [0.5, 0.6) is 5.75 Å². The number of aromatic hydroxyl groups is 1. The van der Waals surface area contributed by atoms with Gasteiger partial charge in [0.05, 0.1) is 12.7 Å². The summed E-state index contributed by atoms with van der Waals surface area (Å²) in [6.45, 7) is 0.0786. The molecule has 4 nitrogen and oxygen atoms in total. The molecule has 4 heteroatoms. The third-order valence-corrected chi connectivity index (χ3v) is 3.48. The molecule has 0 aliphatic heterocycles. The molecule has 0 fully saturated rings. The molecule has 0 unspecified atom stereocenters. The Morgan fingerprint density at radius 3 is 2.04 bits per heavy atom. The quantitative estimate of drug-likeness (QED) is 0.412. The van der Waals surface area contributed by atoms with E-state index in [9.17, 15) is 9.90 Å². The van der Waals surface area contributed by atoms with Crippen molar-refractivity contribution in [3.8, 4) is 5.75 Å². The van der Waals surface area contributed by atoms with Crippen LogP contribution in [-0.4, -0.2) is 16.8 Å². The average molecular weight is 356 g/mol. The summed E-state index contributed by atoms with van der Waals surface area (Å²) in [4.78, 5) is 11.1. The lowest BCUT2D eigenvalue weighted by atomic mass is 10.1. The number of unbranched alkanes of at least 4 members (excludes halogenated alkanes) is 5. The predicted molar refractivity (Wildman–Crippen MR) is 107 cm³/mol. The molecule has 0 amide bonds. The lowest BCUT2D eigenvalue weighted by molar-refractivity contribution is 0.343. The maximum atomic E-state index is 11.1. The summed E-state index contributed by atoms with van der Waals surface area (Å²) < 4.78 is 4.92. The van der Waals surface area contributed by atoms with E-state index in [4.69, 9.17) is 9.52 Å². The van der Waals surface area contributed by atoms with Gasteiger partial charge in [-0.2, -0.15) is 0 Å². The van der Waals surface area contributed by atoms with Crippen LogP contribution < -0.4 is 5.63 Å². The molecule has 1 heterocycles. The molecule has 0 saturated carbocycles. The molecule has 0 spiro atoms. The summed E-state index contributed by atoms with van der Waals surface area (Å²) in [5.74, 6) is 0.251. The lowest BCUT2D eigenvalue weighted by Crippen LogP contribution is -1.95. The topological polar surface area (TPSA) is 70.7 Å². The smallest absolute Gasteiger partial charge is 0.339 e. The Labute approximate surface area is 155 Å². The van der Waals surface area contributed by atoms with Crippen molar-refractivity contribution in [2.45, 2.75) is 38.5 Å². The third kappa shape index (κ3) is 11.9. The molecule has 140 valence electrons. The monoisotopic (exact) mass is 356 g/mol. The second-order valence-corrected chi connectivity index (χ2v) is 5.74. The van der Waals surface area contributed by atoms with Crippen LogP contribution in [0, 0.1) is 0 Å². The molecule has 0 atom stereocenters. The fraction of sp³-hybridized carbons (Fsp3) is 0.318. The minimum absolute atomic E-state index is 0.0786. The standard InChI is InChI=1S/C22H28O4/c23-17-15-13-11-9-7-5-3-1-2-4-6-8-10-12-14-16-21-18-20(24)19-22(25)26-21/h5,7,9-16,18-19,23-24H,1-4,6,8,17H2/b7-5+,11-9+,12-10+,15-13+,16-14+. The summed E-state index contributed by atoms with van der Waals surface area (Å²) in [5.41, 5.74) is -0.557. The number of aliphatic hydroxyl groups is 1. The van der Waals surface area contributed by atoms with Crippen LogP contribution in [0.4, 0.5) is 0 Å². The van der Waals surface area contributed by atoms with Gasteiger partial charge >= 0.3 is 5.63 Å². The number of rotatable bonds is 12. The largest absolute Gasteiger partial charge is 0.508 e. The normalized spacial score (nSPS) is 12.7. The molecule has 1 rings (SSSR count). The van der Waals surface area contributed by atoms with Crippen molar-refractivity contribution in [2.24, 2.45) is 0 Å². The highest BCUT2D eigenvalue weighted by molar-refractivity contribution is 5.46. The van der Waals surface area contributed by atoms with E-state index in [2.05, 4.69) is 12.2 Å². The molecular weight excluding hydrogens is 328 g/mol. The summed E-state index contributed by atoms with van der Waals surface area (Å²) in [7, 11) is 0. The minimum Gasteiger partial charge on any atom is -0.508 e. The van der Waals surface area contributed by atoms with Crippen LogP contribution in [0.15, 0.2) is 76.0 Å². The van der Waals surface area contributed by atoms with Gasteiger partial charge < -0.3 is 14.6 Å². The fourth-order valence-corrected chi connectivity index (χ4v) is 2.21. The maximum Gasteiger partial charge on any atom is 0.339 e. The van der Waals surface area contributed by atoms with Crippen LogP contribution in [0.25, 0.3) is 6.08 Å². The molecular formula is C22H28O4. The Morgan fingerprint density at radius 1 is 0.808 bits per heavy atom. The number of hydrogen-bond acceptors (Lipinski definition) is 4. The highest BCUT2D eigenvalue weighted by Gasteiger charge is 1.95. The maximum absolute atomic E-state index is 11.1. The van der Waals surface area contributed by atoms with E-state index in [-0.39, 0.29) is 12.4 Å². The van der Waals surface area contributed by atoms with E-state index >= 15 is 0 Å². The molecule has 26 heavy (non-hydrogen) atoms. The van der Waals surface area contributed by atoms with Crippen LogP contribution in [-0.2, 0) is 0 Å². The van der Waals surface area contributed by atoms with Gasteiger partial charge in [-0.25, -0.2) is 4.79 Å². The van der Waals surface area contributed by atoms with E-state index in [1.54, 1.807) is 18.2 Å². The SMILES string of the molecule is O=c1cc(O)cc(/C=C/C=C/CCCCCC/C=C/C=C/C=C/CO)o1. The second kappa shape index (κ2) is 14.7. The first-order chi connectivity index (χ1) is 12.7. The molecule has 1 aromatic rings. The van der Waals surface area contributed by atoms with E-state index in [0.717, 1.165) is 25.3 Å². The van der Waals surface area contributed by atoms with E-state index < -0.39 is 5.63 Å². The average Bonchev–Trinajstić information content (AvgIpc) is 2.60. The predicted octanol–water partition coefficient (Wildman–Crippen LogP) is 4.92. The molecule has 0 aliphatic rings. The van der Waals surface area contributed by atoms with Crippen LogP contribution in [0.3, 0.4) is 0 Å². The molecule has 0 saturated heterocycles.